The standard InChI is InChI=1S/C11H21NO3/c1-7(2)11(15)9(12-8(3)4)5-6-10(13)14/h7-9,12H,5-6H2,1-4H3,(H,13,14)/t9-/m1/s1. The van der Waals surface area contributed by atoms with Crippen LogP contribution >= 0.6 is 0 Å². The molecule has 0 unspecified atom stereocenters. The molecule has 0 aliphatic carbocycles. The van der Waals surface area contributed by atoms with Gasteiger partial charge >= 0.3 is 5.97 Å². The van der Waals surface area contributed by atoms with Crippen LogP contribution in [0.15, 0.2) is 0 Å². The molecule has 4 nitrogen and oxygen atoms in total. The molecule has 4 heteroatoms. The lowest BCUT2D eigenvalue weighted by Gasteiger charge is -2.21. The predicted molar refractivity (Wildman–Crippen MR) is 58.8 cm³/mol. The Morgan fingerprint density at radius 2 is 1.73 bits per heavy atom. The number of ketones is 1. The number of carbonyl (C=O) groups is 2. The monoisotopic (exact) mass is 215 g/mol. The van der Waals surface area contributed by atoms with Crippen molar-refractivity contribution in [3.63, 3.8) is 0 Å². The second-order valence-electron chi connectivity index (χ2n) is 4.36. The molecule has 0 radical (unpaired) electrons. The van der Waals surface area contributed by atoms with E-state index in [1.54, 1.807) is 0 Å². The van der Waals surface area contributed by atoms with Gasteiger partial charge in [-0.15, -0.1) is 0 Å². The molecule has 0 amide bonds. The third kappa shape index (κ3) is 6.23. The number of carboxylic acid groups (broad SMARTS) is 1. The summed E-state index contributed by atoms with van der Waals surface area (Å²) in [5, 5.41) is 11.7. The molecule has 15 heavy (non-hydrogen) atoms. The Morgan fingerprint density at radius 3 is 2.07 bits per heavy atom. The summed E-state index contributed by atoms with van der Waals surface area (Å²) in [5.41, 5.74) is 0. The molecule has 0 bridgehead atoms. The fourth-order valence-corrected chi connectivity index (χ4v) is 1.38. The van der Waals surface area contributed by atoms with Crippen molar-refractivity contribution in [3.8, 4) is 0 Å². The Hall–Kier alpha value is -0.900. The Morgan fingerprint density at radius 1 is 1.20 bits per heavy atom. The second kappa shape index (κ2) is 6.56. The van der Waals surface area contributed by atoms with Crippen LogP contribution in [-0.2, 0) is 9.59 Å². The van der Waals surface area contributed by atoms with Gasteiger partial charge in [0.2, 0.25) is 0 Å². The molecule has 0 heterocycles. The fourth-order valence-electron chi connectivity index (χ4n) is 1.38. The maximum atomic E-state index is 11.7. The van der Waals surface area contributed by atoms with Crippen molar-refractivity contribution in [1.82, 2.24) is 5.32 Å². The summed E-state index contributed by atoms with van der Waals surface area (Å²) in [6, 6.07) is -0.146. The molecule has 0 aliphatic heterocycles. The predicted octanol–water partition coefficient (Wildman–Crippen LogP) is 1.44. The van der Waals surface area contributed by atoms with E-state index in [2.05, 4.69) is 5.32 Å². The van der Waals surface area contributed by atoms with Gasteiger partial charge in [-0.25, -0.2) is 0 Å². The van der Waals surface area contributed by atoms with E-state index in [1.807, 2.05) is 27.7 Å². The van der Waals surface area contributed by atoms with Crippen molar-refractivity contribution < 1.29 is 14.7 Å². The van der Waals surface area contributed by atoms with Crippen LogP contribution in [0.3, 0.4) is 0 Å². The molecule has 1 atom stereocenters. The van der Waals surface area contributed by atoms with E-state index in [1.165, 1.54) is 0 Å². The van der Waals surface area contributed by atoms with Gasteiger partial charge in [0, 0.05) is 18.4 Å². The summed E-state index contributed by atoms with van der Waals surface area (Å²) in [5.74, 6) is -0.831. The first-order chi connectivity index (χ1) is 6.84. The smallest absolute Gasteiger partial charge is 0.303 e. The van der Waals surface area contributed by atoms with Gasteiger partial charge < -0.3 is 10.4 Å². The number of aliphatic carboxylic acids is 1. The highest BCUT2D eigenvalue weighted by Gasteiger charge is 2.22. The highest BCUT2D eigenvalue weighted by atomic mass is 16.4. The maximum Gasteiger partial charge on any atom is 0.303 e. The first-order valence-electron chi connectivity index (χ1n) is 5.36. The molecule has 0 saturated carbocycles. The first-order valence-corrected chi connectivity index (χ1v) is 5.36. The van der Waals surface area contributed by atoms with E-state index in [0.29, 0.717) is 6.42 Å². The van der Waals surface area contributed by atoms with Gasteiger partial charge in [0.15, 0.2) is 5.78 Å². The number of carbonyl (C=O) groups excluding carboxylic acids is 1. The van der Waals surface area contributed by atoms with Crippen LogP contribution in [0.5, 0.6) is 0 Å². The summed E-state index contributed by atoms with van der Waals surface area (Å²) in [6.45, 7) is 7.55. The van der Waals surface area contributed by atoms with Crippen LogP contribution in [0, 0.1) is 5.92 Å². The fraction of sp³-hybridized carbons (Fsp3) is 0.818. The van der Waals surface area contributed by atoms with Crippen LogP contribution in [0.4, 0.5) is 0 Å². The van der Waals surface area contributed by atoms with Crippen molar-refractivity contribution in [3.05, 3.63) is 0 Å². The van der Waals surface area contributed by atoms with E-state index in [4.69, 9.17) is 5.11 Å². The highest BCUT2D eigenvalue weighted by molar-refractivity contribution is 5.86. The normalized spacial score (nSPS) is 13.2. The zero-order valence-electron chi connectivity index (χ0n) is 9.91. The Bertz CT molecular complexity index is 224. The Labute approximate surface area is 91.1 Å². The molecule has 0 aromatic carbocycles. The summed E-state index contributed by atoms with van der Waals surface area (Å²) in [7, 11) is 0. The van der Waals surface area contributed by atoms with E-state index in [9.17, 15) is 9.59 Å². The number of nitrogens with one attached hydrogen (secondary N) is 1. The first kappa shape index (κ1) is 14.1. The Balaban J connectivity index is 4.30. The lowest BCUT2D eigenvalue weighted by molar-refractivity contribution is -0.137. The maximum absolute atomic E-state index is 11.7. The average Bonchev–Trinajstić information content (AvgIpc) is 2.10. The van der Waals surface area contributed by atoms with Crippen LogP contribution in [-0.4, -0.2) is 28.9 Å². The average molecular weight is 215 g/mol. The largest absolute Gasteiger partial charge is 0.481 e. The molecule has 0 fully saturated rings. The number of hydrogen-bond acceptors (Lipinski definition) is 3. The SMILES string of the molecule is CC(C)N[C@H](CCC(=O)O)C(=O)C(C)C. The van der Waals surface area contributed by atoms with Crippen molar-refractivity contribution in [1.29, 1.82) is 0 Å². The molecule has 0 aliphatic rings. The summed E-state index contributed by atoms with van der Waals surface area (Å²) < 4.78 is 0. The molecule has 0 rings (SSSR count). The van der Waals surface area contributed by atoms with E-state index < -0.39 is 5.97 Å². The molecule has 88 valence electrons. The third-order valence-electron chi connectivity index (χ3n) is 2.09. The third-order valence-corrected chi connectivity index (χ3v) is 2.09. The molecule has 0 spiro atoms. The molecular weight excluding hydrogens is 194 g/mol. The molecule has 2 N–H and O–H groups in total. The van der Waals surface area contributed by atoms with Crippen molar-refractivity contribution in [2.24, 2.45) is 5.92 Å². The van der Waals surface area contributed by atoms with E-state index >= 15 is 0 Å². The second-order valence-corrected chi connectivity index (χ2v) is 4.36. The van der Waals surface area contributed by atoms with Crippen LogP contribution < -0.4 is 5.32 Å². The molecule has 0 saturated heterocycles. The lowest BCUT2D eigenvalue weighted by Crippen LogP contribution is -2.43. The zero-order chi connectivity index (χ0) is 12.0. The highest BCUT2D eigenvalue weighted by Crippen LogP contribution is 2.07. The number of hydrogen-bond donors (Lipinski definition) is 2. The minimum atomic E-state index is -0.859. The summed E-state index contributed by atoms with van der Waals surface area (Å²) in [6.07, 6.45) is 0.396. The summed E-state index contributed by atoms with van der Waals surface area (Å²) in [4.78, 5) is 22.2. The van der Waals surface area contributed by atoms with Crippen LogP contribution in [0.2, 0.25) is 0 Å². The lowest BCUT2D eigenvalue weighted by atomic mass is 9.97. The van der Waals surface area contributed by atoms with E-state index in [0.717, 1.165) is 0 Å². The number of Topliss-reactive ketones (excluding diaryl/α,β-unsaturated/α-hetero) is 1. The van der Waals surface area contributed by atoms with Gasteiger partial charge in [0.1, 0.15) is 0 Å². The quantitative estimate of drug-likeness (QED) is 0.674. The number of rotatable bonds is 7. The van der Waals surface area contributed by atoms with Crippen molar-refractivity contribution >= 4 is 11.8 Å². The van der Waals surface area contributed by atoms with Crippen LogP contribution in [0.1, 0.15) is 40.5 Å². The van der Waals surface area contributed by atoms with Gasteiger partial charge in [-0.2, -0.15) is 0 Å². The van der Waals surface area contributed by atoms with Crippen LogP contribution in [0.25, 0.3) is 0 Å². The van der Waals surface area contributed by atoms with Gasteiger partial charge in [-0.3, -0.25) is 9.59 Å². The van der Waals surface area contributed by atoms with Crippen molar-refractivity contribution in [2.45, 2.75) is 52.6 Å². The van der Waals surface area contributed by atoms with Gasteiger partial charge in [0.25, 0.3) is 0 Å². The zero-order valence-corrected chi connectivity index (χ0v) is 9.91. The van der Waals surface area contributed by atoms with Gasteiger partial charge in [0.05, 0.1) is 6.04 Å². The van der Waals surface area contributed by atoms with Gasteiger partial charge in [-0.1, -0.05) is 27.7 Å². The van der Waals surface area contributed by atoms with Crippen molar-refractivity contribution in [2.75, 3.05) is 0 Å². The number of carboxylic acids is 1. The molecular formula is C11H21NO3. The molecule has 0 aromatic rings. The minimum Gasteiger partial charge on any atom is -0.481 e. The summed E-state index contributed by atoms with van der Waals surface area (Å²) >= 11 is 0. The minimum absolute atomic E-state index is 0.0306. The van der Waals surface area contributed by atoms with E-state index in [-0.39, 0.29) is 30.2 Å². The topological polar surface area (TPSA) is 66.4 Å². The molecule has 0 aromatic heterocycles. The Kier molecular flexibility index (Phi) is 6.17. The van der Waals surface area contributed by atoms with Gasteiger partial charge in [-0.05, 0) is 6.42 Å².